The summed E-state index contributed by atoms with van der Waals surface area (Å²) < 4.78 is 10.9. The van der Waals surface area contributed by atoms with Gasteiger partial charge in [-0.05, 0) is 44.1 Å². The molecule has 2 heterocycles. The molecular weight excluding hydrogens is 270 g/mol. The Balaban J connectivity index is 1.81. The predicted molar refractivity (Wildman–Crippen MR) is 79.2 cm³/mol. The number of aryl methyl sites for hydroxylation is 1. The summed E-state index contributed by atoms with van der Waals surface area (Å²) in [6.45, 7) is 3.36. The molecule has 6 nitrogen and oxygen atoms in total. The minimum Gasteiger partial charge on any atom is -0.441 e. The van der Waals surface area contributed by atoms with E-state index in [9.17, 15) is 4.79 Å². The van der Waals surface area contributed by atoms with Crippen LogP contribution in [0.25, 0.3) is 11.1 Å². The Morgan fingerprint density at radius 1 is 1.43 bits per heavy atom. The number of hydrogen-bond donors (Lipinski definition) is 2. The number of nitrogens with one attached hydrogen (secondary N) is 2. The number of oxazole rings is 1. The van der Waals surface area contributed by atoms with Crippen molar-refractivity contribution in [2.45, 2.75) is 25.4 Å². The van der Waals surface area contributed by atoms with Gasteiger partial charge in [0.2, 0.25) is 0 Å². The van der Waals surface area contributed by atoms with Crippen LogP contribution in [0.15, 0.2) is 22.6 Å². The molecule has 1 aliphatic rings. The Morgan fingerprint density at radius 2 is 2.19 bits per heavy atom. The van der Waals surface area contributed by atoms with E-state index in [-0.39, 0.29) is 5.91 Å². The number of amides is 1. The first-order valence-corrected chi connectivity index (χ1v) is 7.07. The Kier molecular flexibility index (Phi) is 3.65. The molecule has 6 heteroatoms. The molecule has 1 saturated heterocycles. The van der Waals surface area contributed by atoms with Gasteiger partial charge in [-0.25, -0.2) is 4.98 Å². The van der Waals surface area contributed by atoms with Gasteiger partial charge in [-0.3, -0.25) is 4.79 Å². The highest BCUT2D eigenvalue weighted by atomic mass is 16.5. The second kappa shape index (κ2) is 5.46. The first-order chi connectivity index (χ1) is 10.1. The van der Waals surface area contributed by atoms with Crippen LogP contribution in [0.1, 0.15) is 18.7 Å². The quantitative estimate of drug-likeness (QED) is 0.901. The number of piperidine rings is 1. The number of aromatic nitrogens is 1. The molecule has 1 aromatic carbocycles. The fourth-order valence-electron chi connectivity index (χ4n) is 2.72. The van der Waals surface area contributed by atoms with Gasteiger partial charge < -0.3 is 19.8 Å². The lowest BCUT2D eigenvalue weighted by Crippen LogP contribution is -2.51. The van der Waals surface area contributed by atoms with Crippen LogP contribution in [0.3, 0.4) is 0 Å². The third kappa shape index (κ3) is 2.64. The summed E-state index contributed by atoms with van der Waals surface area (Å²) in [4.78, 5) is 16.8. The molecule has 0 radical (unpaired) electrons. The number of anilines is 1. The zero-order valence-electron chi connectivity index (χ0n) is 12.2. The lowest BCUT2D eigenvalue weighted by Gasteiger charge is -2.34. The van der Waals surface area contributed by atoms with Gasteiger partial charge in [0.1, 0.15) is 11.1 Å². The Morgan fingerprint density at radius 3 is 2.90 bits per heavy atom. The fourth-order valence-corrected chi connectivity index (χ4v) is 2.72. The second-order valence-corrected chi connectivity index (χ2v) is 5.32. The van der Waals surface area contributed by atoms with Crippen molar-refractivity contribution in [3.63, 3.8) is 0 Å². The van der Waals surface area contributed by atoms with Crippen LogP contribution in [-0.2, 0) is 9.53 Å². The normalized spacial score (nSPS) is 17.8. The Labute approximate surface area is 122 Å². The van der Waals surface area contributed by atoms with E-state index in [0.717, 1.165) is 18.6 Å². The summed E-state index contributed by atoms with van der Waals surface area (Å²) in [6.07, 6.45) is 1.33. The zero-order valence-corrected chi connectivity index (χ0v) is 12.2. The van der Waals surface area contributed by atoms with Crippen LogP contribution in [-0.4, -0.2) is 36.7 Å². The van der Waals surface area contributed by atoms with Crippen molar-refractivity contribution in [3.8, 4) is 0 Å². The number of hydrogen-bond acceptors (Lipinski definition) is 5. The van der Waals surface area contributed by atoms with Crippen molar-refractivity contribution in [1.82, 2.24) is 10.3 Å². The molecule has 0 aliphatic carbocycles. The van der Waals surface area contributed by atoms with Crippen LogP contribution in [0.4, 0.5) is 5.69 Å². The summed E-state index contributed by atoms with van der Waals surface area (Å²) in [6, 6.07) is 5.44. The van der Waals surface area contributed by atoms with Gasteiger partial charge in [-0.1, -0.05) is 0 Å². The van der Waals surface area contributed by atoms with E-state index in [1.54, 1.807) is 14.0 Å². The third-order valence-corrected chi connectivity index (χ3v) is 3.97. The lowest BCUT2D eigenvalue weighted by molar-refractivity contribution is -0.140. The van der Waals surface area contributed by atoms with Crippen LogP contribution in [0, 0.1) is 6.92 Å². The minimum absolute atomic E-state index is 0.105. The summed E-state index contributed by atoms with van der Waals surface area (Å²) in [5.74, 6) is 0.506. The van der Waals surface area contributed by atoms with E-state index in [1.165, 1.54) is 0 Å². The van der Waals surface area contributed by atoms with E-state index < -0.39 is 5.60 Å². The summed E-state index contributed by atoms with van der Waals surface area (Å²) in [5, 5.41) is 6.17. The maximum atomic E-state index is 12.6. The average Bonchev–Trinajstić information content (AvgIpc) is 2.87. The van der Waals surface area contributed by atoms with Crippen LogP contribution in [0.2, 0.25) is 0 Å². The molecule has 0 bridgehead atoms. The smallest absolute Gasteiger partial charge is 0.256 e. The van der Waals surface area contributed by atoms with Gasteiger partial charge >= 0.3 is 0 Å². The van der Waals surface area contributed by atoms with E-state index in [1.807, 2.05) is 18.2 Å². The molecule has 1 amide bonds. The Hall–Kier alpha value is -1.92. The SMILES string of the molecule is COC1(C(=O)Nc2ccc3oc(C)nc3c2)CCNCC1. The summed E-state index contributed by atoms with van der Waals surface area (Å²) in [7, 11) is 1.59. The predicted octanol–water partition coefficient (Wildman–Crippen LogP) is 1.84. The van der Waals surface area contributed by atoms with E-state index in [0.29, 0.717) is 30.0 Å². The topological polar surface area (TPSA) is 76.4 Å². The van der Waals surface area contributed by atoms with E-state index >= 15 is 0 Å². The van der Waals surface area contributed by atoms with Crippen molar-refractivity contribution in [2.75, 3.05) is 25.5 Å². The first kappa shape index (κ1) is 14.0. The number of carbonyl (C=O) groups is 1. The number of benzene rings is 1. The standard InChI is InChI=1S/C15H19N3O3/c1-10-17-12-9-11(3-4-13(12)21-10)18-14(19)15(20-2)5-7-16-8-6-15/h3-4,9,16H,5-8H2,1-2H3,(H,18,19). The van der Waals surface area contributed by atoms with Crippen molar-refractivity contribution in [3.05, 3.63) is 24.1 Å². The zero-order chi connectivity index (χ0) is 14.9. The third-order valence-electron chi connectivity index (χ3n) is 3.97. The number of rotatable bonds is 3. The molecule has 2 aromatic rings. The molecule has 0 atom stereocenters. The van der Waals surface area contributed by atoms with E-state index in [2.05, 4.69) is 15.6 Å². The Bertz CT molecular complexity index is 659. The highest BCUT2D eigenvalue weighted by Crippen LogP contribution is 2.26. The fraction of sp³-hybridized carbons (Fsp3) is 0.467. The monoisotopic (exact) mass is 289 g/mol. The first-order valence-electron chi connectivity index (χ1n) is 7.07. The molecule has 21 heavy (non-hydrogen) atoms. The van der Waals surface area contributed by atoms with Gasteiger partial charge in [0, 0.05) is 19.7 Å². The van der Waals surface area contributed by atoms with Gasteiger partial charge in [-0.15, -0.1) is 0 Å². The highest BCUT2D eigenvalue weighted by molar-refractivity contribution is 5.98. The highest BCUT2D eigenvalue weighted by Gasteiger charge is 2.39. The molecular formula is C15H19N3O3. The molecule has 2 N–H and O–H groups in total. The lowest BCUT2D eigenvalue weighted by atomic mass is 9.91. The van der Waals surface area contributed by atoms with Gasteiger partial charge in [0.15, 0.2) is 11.5 Å². The van der Waals surface area contributed by atoms with Gasteiger partial charge in [-0.2, -0.15) is 0 Å². The molecule has 0 saturated carbocycles. The van der Waals surface area contributed by atoms with Crippen molar-refractivity contribution < 1.29 is 13.9 Å². The molecule has 1 aromatic heterocycles. The van der Waals surface area contributed by atoms with E-state index in [4.69, 9.17) is 9.15 Å². The average molecular weight is 289 g/mol. The van der Waals surface area contributed by atoms with Gasteiger partial charge in [0.25, 0.3) is 5.91 Å². The number of nitrogens with zero attached hydrogens (tertiary/aromatic N) is 1. The molecule has 0 spiro atoms. The maximum Gasteiger partial charge on any atom is 0.256 e. The van der Waals surface area contributed by atoms with Crippen LogP contribution >= 0.6 is 0 Å². The number of carbonyl (C=O) groups excluding carboxylic acids is 1. The van der Waals surface area contributed by atoms with Crippen molar-refractivity contribution in [2.24, 2.45) is 0 Å². The van der Waals surface area contributed by atoms with Gasteiger partial charge in [0.05, 0.1) is 0 Å². The van der Waals surface area contributed by atoms with Crippen molar-refractivity contribution in [1.29, 1.82) is 0 Å². The second-order valence-electron chi connectivity index (χ2n) is 5.32. The molecule has 3 rings (SSSR count). The number of fused-ring (bicyclic) bond motifs is 1. The van der Waals surface area contributed by atoms with Crippen LogP contribution in [0.5, 0.6) is 0 Å². The molecule has 1 fully saturated rings. The summed E-state index contributed by atoms with van der Waals surface area (Å²) in [5.41, 5.74) is 1.41. The molecule has 1 aliphatic heterocycles. The molecule has 112 valence electrons. The van der Waals surface area contributed by atoms with Crippen molar-refractivity contribution >= 4 is 22.7 Å². The maximum absolute atomic E-state index is 12.6. The number of methoxy groups -OCH3 is 1. The molecule has 0 unspecified atom stereocenters. The number of ether oxygens (including phenoxy) is 1. The summed E-state index contributed by atoms with van der Waals surface area (Å²) >= 11 is 0. The minimum atomic E-state index is -0.750. The van der Waals surface area contributed by atoms with Crippen LogP contribution < -0.4 is 10.6 Å². The largest absolute Gasteiger partial charge is 0.441 e.